The molecule has 0 bridgehead atoms. The molecule has 3 nitrogen and oxygen atoms in total. The number of furan rings is 1. The van der Waals surface area contributed by atoms with Crippen molar-refractivity contribution in [3.63, 3.8) is 0 Å². The molecule has 1 aromatic heterocycles. The number of nitrogens with zero attached hydrogens (tertiary/aromatic N) is 1. The van der Waals surface area contributed by atoms with Crippen molar-refractivity contribution in [2.75, 3.05) is 20.1 Å². The van der Waals surface area contributed by atoms with Crippen LogP contribution in [0.3, 0.4) is 0 Å². The molecule has 84 valence electrons. The normalized spacial score (nSPS) is 10.9. The monoisotopic (exact) mass is 208 g/mol. The minimum absolute atomic E-state index is 0.807. The minimum Gasteiger partial charge on any atom is -0.463 e. The third kappa shape index (κ3) is 4.32. The van der Waals surface area contributed by atoms with E-state index in [0.29, 0.717) is 0 Å². The first-order valence-electron chi connectivity index (χ1n) is 5.34. The van der Waals surface area contributed by atoms with E-state index in [4.69, 9.17) is 4.42 Å². The van der Waals surface area contributed by atoms with Gasteiger partial charge >= 0.3 is 0 Å². The van der Waals surface area contributed by atoms with E-state index in [9.17, 15) is 0 Å². The SMILES string of the molecule is C=CCN(C)Cc1ccc(CNCC)o1. The van der Waals surface area contributed by atoms with Gasteiger partial charge in [-0.25, -0.2) is 0 Å². The van der Waals surface area contributed by atoms with Crippen LogP contribution < -0.4 is 5.32 Å². The predicted molar refractivity (Wildman–Crippen MR) is 62.6 cm³/mol. The number of rotatable bonds is 7. The molecule has 0 aliphatic rings. The highest BCUT2D eigenvalue weighted by molar-refractivity contribution is 5.07. The van der Waals surface area contributed by atoms with Crippen LogP contribution in [-0.2, 0) is 13.1 Å². The van der Waals surface area contributed by atoms with Crippen molar-refractivity contribution in [2.45, 2.75) is 20.0 Å². The van der Waals surface area contributed by atoms with Gasteiger partial charge in [-0.15, -0.1) is 6.58 Å². The third-order valence-electron chi connectivity index (χ3n) is 2.13. The van der Waals surface area contributed by atoms with Gasteiger partial charge in [0.1, 0.15) is 11.5 Å². The molecule has 1 rings (SSSR count). The highest BCUT2D eigenvalue weighted by atomic mass is 16.3. The van der Waals surface area contributed by atoms with E-state index in [1.807, 2.05) is 25.3 Å². The summed E-state index contributed by atoms with van der Waals surface area (Å²) < 4.78 is 5.66. The van der Waals surface area contributed by atoms with E-state index >= 15 is 0 Å². The van der Waals surface area contributed by atoms with Crippen molar-refractivity contribution >= 4 is 0 Å². The summed E-state index contributed by atoms with van der Waals surface area (Å²) in [6.07, 6.45) is 1.89. The lowest BCUT2D eigenvalue weighted by Gasteiger charge is -2.11. The van der Waals surface area contributed by atoms with Gasteiger partial charge in [-0.1, -0.05) is 13.0 Å². The largest absolute Gasteiger partial charge is 0.463 e. The molecule has 0 radical (unpaired) electrons. The fourth-order valence-corrected chi connectivity index (χ4v) is 1.40. The summed E-state index contributed by atoms with van der Waals surface area (Å²) in [5, 5.41) is 3.23. The maximum atomic E-state index is 5.66. The van der Waals surface area contributed by atoms with Crippen molar-refractivity contribution < 1.29 is 4.42 Å². The molecular formula is C12H20N2O. The lowest BCUT2D eigenvalue weighted by molar-refractivity contribution is 0.315. The van der Waals surface area contributed by atoms with Crippen LogP contribution in [0.4, 0.5) is 0 Å². The summed E-state index contributed by atoms with van der Waals surface area (Å²) in [6, 6.07) is 4.06. The van der Waals surface area contributed by atoms with Gasteiger partial charge in [0.2, 0.25) is 0 Å². The molecule has 3 heteroatoms. The summed E-state index contributed by atoms with van der Waals surface area (Å²) in [5.41, 5.74) is 0. The Morgan fingerprint density at radius 1 is 1.47 bits per heavy atom. The van der Waals surface area contributed by atoms with E-state index < -0.39 is 0 Å². The van der Waals surface area contributed by atoms with E-state index in [2.05, 4.69) is 23.7 Å². The standard InChI is InChI=1S/C12H20N2O/c1-4-8-14(3)10-12-7-6-11(15-12)9-13-5-2/h4,6-7,13H,1,5,8-10H2,2-3H3. The van der Waals surface area contributed by atoms with Crippen molar-refractivity contribution in [3.05, 3.63) is 36.3 Å². The number of hydrogen-bond acceptors (Lipinski definition) is 3. The molecule has 1 aromatic rings. The molecule has 0 aromatic carbocycles. The number of nitrogens with one attached hydrogen (secondary N) is 1. The molecule has 0 amide bonds. The Balaban J connectivity index is 2.41. The summed E-state index contributed by atoms with van der Waals surface area (Å²) in [7, 11) is 2.05. The third-order valence-corrected chi connectivity index (χ3v) is 2.13. The van der Waals surface area contributed by atoms with Crippen LogP contribution in [0.2, 0.25) is 0 Å². The van der Waals surface area contributed by atoms with Crippen molar-refractivity contribution in [1.82, 2.24) is 10.2 Å². The first-order chi connectivity index (χ1) is 7.26. The topological polar surface area (TPSA) is 28.4 Å². The maximum Gasteiger partial charge on any atom is 0.118 e. The molecule has 0 aliphatic carbocycles. The van der Waals surface area contributed by atoms with Crippen LogP contribution in [0.1, 0.15) is 18.4 Å². The Labute approximate surface area is 91.8 Å². The van der Waals surface area contributed by atoms with E-state index in [0.717, 1.165) is 37.7 Å². The van der Waals surface area contributed by atoms with Gasteiger partial charge in [0, 0.05) is 6.54 Å². The molecular weight excluding hydrogens is 188 g/mol. The zero-order valence-corrected chi connectivity index (χ0v) is 9.62. The van der Waals surface area contributed by atoms with E-state index in [-0.39, 0.29) is 0 Å². The first-order valence-corrected chi connectivity index (χ1v) is 5.34. The Bertz CT molecular complexity index is 294. The fourth-order valence-electron chi connectivity index (χ4n) is 1.40. The Kier molecular flexibility index (Phi) is 5.15. The number of likely N-dealkylation sites (N-methyl/N-ethyl adjacent to an activating group) is 1. The second-order valence-electron chi connectivity index (χ2n) is 3.63. The molecule has 0 saturated carbocycles. The van der Waals surface area contributed by atoms with E-state index in [1.165, 1.54) is 0 Å². The summed E-state index contributed by atoms with van der Waals surface area (Å²) in [6.45, 7) is 9.27. The fraction of sp³-hybridized carbons (Fsp3) is 0.500. The molecule has 1 N–H and O–H groups in total. The molecule has 0 unspecified atom stereocenters. The van der Waals surface area contributed by atoms with Gasteiger partial charge in [-0.05, 0) is 25.7 Å². The van der Waals surface area contributed by atoms with Crippen LogP contribution in [-0.4, -0.2) is 25.0 Å². The highest BCUT2D eigenvalue weighted by Crippen LogP contribution is 2.09. The van der Waals surface area contributed by atoms with Crippen LogP contribution in [0.15, 0.2) is 29.2 Å². The molecule has 0 aliphatic heterocycles. The van der Waals surface area contributed by atoms with Crippen molar-refractivity contribution in [2.24, 2.45) is 0 Å². The molecule has 0 saturated heterocycles. The van der Waals surface area contributed by atoms with Crippen LogP contribution in [0.25, 0.3) is 0 Å². The highest BCUT2D eigenvalue weighted by Gasteiger charge is 2.03. The van der Waals surface area contributed by atoms with Gasteiger partial charge in [-0.2, -0.15) is 0 Å². The lowest BCUT2D eigenvalue weighted by Crippen LogP contribution is -2.17. The first kappa shape index (κ1) is 12.0. The van der Waals surface area contributed by atoms with Gasteiger partial charge in [0.25, 0.3) is 0 Å². The van der Waals surface area contributed by atoms with Crippen LogP contribution >= 0.6 is 0 Å². The van der Waals surface area contributed by atoms with Gasteiger partial charge in [0.15, 0.2) is 0 Å². The summed E-state index contributed by atoms with van der Waals surface area (Å²) in [4.78, 5) is 2.16. The van der Waals surface area contributed by atoms with Crippen molar-refractivity contribution in [1.29, 1.82) is 0 Å². The second kappa shape index (κ2) is 6.43. The lowest BCUT2D eigenvalue weighted by atomic mass is 10.4. The Morgan fingerprint density at radius 2 is 2.20 bits per heavy atom. The van der Waals surface area contributed by atoms with Gasteiger partial charge in [-0.3, -0.25) is 4.90 Å². The summed E-state index contributed by atoms with van der Waals surface area (Å²) in [5.74, 6) is 2.01. The van der Waals surface area contributed by atoms with E-state index in [1.54, 1.807) is 0 Å². The zero-order valence-electron chi connectivity index (χ0n) is 9.62. The average molecular weight is 208 g/mol. The smallest absolute Gasteiger partial charge is 0.118 e. The predicted octanol–water partition coefficient (Wildman–Crippen LogP) is 2.01. The van der Waals surface area contributed by atoms with Gasteiger partial charge < -0.3 is 9.73 Å². The summed E-state index contributed by atoms with van der Waals surface area (Å²) >= 11 is 0. The average Bonchev–Trinajstić information content (AvgIpc) is 2.63. The van der Waals surface area contributed by atoms with Crippen LogP contribution in [0, 0.1) is 0 Å². The zero-order chi connectivity index (χ0) is 11.1. The Hall–Kier alpha value is -1.06. The maximum absolute atomic E-state index is 5.66. The van der Waals surface area contributed by atoms with Crippen molar-refractivity contribution in [3.8, 4) is 0 Å². The molecule has 15 heavy (non-hydrogen) atoms. The number of hydrogen-bond donors (Lipinski definition) is 1. The quantitative estimate of drug-likeness (QED) is 0.695. The minimum atomic E-state index is 0.807. The molecule has 0 atom stereocenters. The van der Waals surface area contributed by atoms with Crippen LogP contribution in [0.5, 0.6) is 0 Å². The molecule has 0 fully saturated rings. The van der Waals surface area contributed by atoms with Gasteiger partial charge in [0.05, 0.1) is 13.1 Å². The molecule has 1 heterocycles. The Morgan fingerprint density at radius 3 is 2.87 bits per heavy atom. The molecule has 0 spiro atoms. The second-order valence-corrected chi connectivity index (χ2v) is 3.63.